The Labute approximate surface area is 137 Å². The summed E-state index contributed by atoms with van der Waals surface area (Å²) in [5.74, 6) is 1.43. The van der Waals surface area contributed by atoms with Gasteiger partial charge in [0.2, 0.25) is 0 Å². The fraction of sp³-hybridized carbons (Fsp3) is 0.375. The molecule has 1 aromatic carbocycles. The van der Waals surface area contributed by atoms with Gasteiger partial charge in [0, 0.05) is 6.54 Å². The number of ether oxygens (including phenoxy) is 2. The maximum Gasteiger partial charge on any atom is 0.187 e. The highest BCUT2D eigenvalue weighted by Crippen LogP contribution is 2.27. The molecular formula is C16H23N3O2S. The summed E-state index contributed by atoms with van der Waals surface area (Å²) in [5, 5.41) is 7.44. The minimum absolute atomic E-state index is 0.447. The lowest BCUT2D eigenvalue weighted by atomic mass is 10.2. The van der Waals surface area contributed by atoms with Crippen molar-refractivity contribution in [2.45, 2.75) is 19.8 Å². The van der Waals surface area contributed by atoms with E-state index in [1.54, 1.807) is 19.4 Å². The van der Waals surface area contributed by atoms with Crippen LogP contribution >= 0.6 is 12.2 Å². The number of hydrogen-bond donors (Lipinski definition) is 2. The summed E-state index contributed by atoms with van der Waals surface area (Å²) < 4.78 is 11.0. The smallest absolute Gasteiger partial charge is 0.187 e. The van der Waals surface area contributed by atoms with Gasteiger partial charge in [-0.2, -0.15) is 5.10 Å². The molecule has 22 heavy (non-hydrogen) atoms. The third-order valence-corrected chi connectivity index (χ3v) is 2.97. The summed E-state index contributed by atoms with van der Waals surface area (Å²) >= 11 is 5.04. The number of hydrazone groups is 1. The minimum Gasteiger partial charge on any atom is -0.493 e. The molecule has 0 heterocycles. The fourth-order valence-electron chi connectivity index (χ4n) is 1.58. The van der Waals surface area contributed by atoms with Crippen LogP contribution in [0.1, 0.15) is 25.3 Å². The van der Waals surface area contributed by atoms with Crippen molar-refractivity contribution in [2.75, 3.05) is 20.3 Å². The summed E-state index contributed by atoms with van der Waals surface area (Å²) in [4.78, 5) is 0. The van der Waals surface area contributed by atoms with Crippen LogP contribution in [0.25, 0.3) is 0 Å². The predicted octanol–water partition coefficient (Wildman–Crippen LogP) is 2.86. The number of hydrogen-bond acceptors (Lipinski definition) is 4. The molecule has 0 aromatic heterocycles. The Bertz CT molecular complexity index is 518. The number of rotatable bonds is 9. The molecule has 0 amide bonds. The van der Waals surface area contributed by atoms with Crippen molar-refractivity contribution in [1.29, 1.82) is 0 Å². The van der Waals surface area contributed by atoms with Crippen molar-refractivity contribution in [3.63, 3.8) is 0 Å². The molecule has 0 saturated carbocycles. The van der Waals surface area contributed by atoms with E-state index in [4.69, 9.17) is 21.7 Å². The van der Waals surface area contributed by atoms with Crippen LogP contribution in [0.2, 0.25) is 0 Å². The molecule has 0 fully saturated rings. The van der Waals surface area contributed by atoms with Crippen molar-refractivity contribution in [3.05, 3.63) is 36.4 Å². The number of methoxy groups -OCH3 is 1. The number of nitrogens with zero attached hydrogens (tertiary/aromatic N) is 1. The van der Waals surface area contributed by atoms with Gasteiger partial charge in [-0.3, -0.25) is 5.43 Å². The normalized spacial score (nSPS) is 10.3. The molecule has 0 spiro atoms. The molecule has 0 aliphatic heterocycles. The van der Waals surface area contributed by atoms with Gasteiger partial charge in [0.25, 0.3) is 0 Å². The number of unbranched alkanes of at least 4 members (excludes halogenated alkanes) is 1. The van der Waals surface area contributed by atoms with Crippen LogP contribution in [0.15, 0.2) is 36.0 Å². The van der Waals surface area contributed by atoms with Crippen LogP contribution in [-0.2, 0) is 0 Å². The van der Waals surface area contributed by atoms with Gasteiger partial charge in [-0.05, 0) is 42.4 Å². The largest absolute Gasteiger partial charge is 0.493 e. The lowest BCUT2D eigenvalue weighted by Crippen LogP contribution is -2.31. The summed E-state index contributed by atoms with van der Waals surface area (Å²) in [6.07, 6.45) is 5.50. The SMILES string of the molecule is C=CCNC(=S)N/N=C/c1ccc(OCCCC)c(OC)c1. The second-order valence-electron chi connectivity index (χ2n) is 4.48. The molecule has 5 nitrogen and oxygen atoms in total. The van der Waals surface area contributed by atoms with Crippen LogP contribution in [0.4, 0.5) is 0 Å². The summed E-state index contributed by atoms with van der Waals surface area (Å²) in [6, 6.07) is 5.66. The van der Waals surface area contributed by atoms with Crippen LogP contribution in [0.5, 0.6) is 11.5 Å². The zero-order valence-electron chi connectivity index (χ0n) is 13.1. The summed E-state index contributed by atoms with van der Waals surface area (Å²) in [5.41, 5.74) is 3.62. The Balaban J connectivity index is 2.60. The standard InChI is InChI=1S/C16H23N3O2S/c1-4-6-10-21-14-8-7-13(11-15(14)20-3)12-18-19-16(22)17-9-5-2/h5,7-8,11-12H,2,4,6,9-10H2,1,3H3,(H2,17,19,22)/b18-12+. The van der Waals surface area contributed by atoms with E-state index in [1.165, 1.54) is 0 Å². The Morgan fingerprint density at radius 1 is 1.41 bits per heavy atom. The van der Waals surface area contributed by atoms with E-state index >= 15 is 0 Å². The van der Waals surface area contributed by atoms with E-state index in [0.717, 1.165) is 24.2 Å². The molecule has 6 heteroatoms. The number of benzene rings is 1. The number of nitrogens with one attached hydrogen (secondary N) is 2. The molecule has 120 valence electrons. The third kappa shape index (κ3) is 6.58. The average Bonchev–Trinajstić information content (AvgIpc) is 2.54. The number of thiocarbonyl (C=S) groups is 1. The van der Waals surface area contributed by atoms with Crippen LogP contribution in [0, 0.1) is 0 Å². The molecule has 0 atom stereocenters. The highest BCUT2D eigenvalue weighted by Gasteiger charge is 2.04. The molecule has 0 unspecified atom stereocenters. The second-order valence-corrected chi connectivity index (χ2v) is 4.89. The van der Waals surface area contributed by atoms with Gasteiger partial charge >= 0.3 is 0 Å². The van der Waals surface area contributed by atoms with E-state index in [9.17, 15) is 0 Å². The highest BCUT2D eigenvalue weighted by molar-refractivity contribution is 7.80. The summed E-state index contributed by atoms with van der Waals surface area (Å²) in [6.45, 7) is 7.01. The quantitative estimate of drug-likeness (QED) is 0.241. The van der Waals surface area contributed by atoms with Gasteiger partial charge < -0.3 is 14.8 Å². The Morgan fingerprint density at radius 2 is 2.23 bits per heavy atom. The summed E-state index contributed by atoms with van der Waals surface area (Å²) in [7, 11) is 1.62. The van der Waals surface area contributed by atoms with Gasteiger partial charge in [0.05, 0.1) is 19.9 Å². The molecular weight excluding hydrogens is 298 g/mol. The predicted molar refractivity (Wildman–Crippen MR) is 94.9 cm³/mol. The topological polar surface area (TPSA) is 54.9 Å². The van der Waals surface area contributed by atoms with E-state index < -0.39 is 0 Å². The van der Waals surface area contributed by atoms with Crippen molar-refractivity contribution < 1.29 is 9.47 Å². The molecule has 0 radical (unpaired) electrons. The third-order valence-electron chi connectivity index (χ3n) is 2.73. The molecule has 2 N–H and O–H groups in total. The van der Waals surface area contributed by atoms with Gasteiger partial charge in [-0.1, -0.05) is 19.4 Å². The van der Waals surface area contributed by atoms with Gasteiger partial charge in [-0.15, -0.1) is 6.58 Å². The van der Waals surface area contributed by atoms with Gasteiger partial charge in [-0.25, -0.2) is 0 Å². The van der Waals surface area contributed by atoms with E-state index in [-0.39, 0.29) is 0 Å². The van der Waals surface area contributed by atoms with E-state index in [2.05, 4.69) is 29.3 Å². The van der Waals surface area contributed by atoms with Gasteiger partial charge in [0.15, 0.2) is 16.6 Å². The fourth-order valence-corrected chi connectivity index (χ4v) is 1.72. The lowest BCUT2D eigenvalue weighted by Gasteiger charge is -2.10. The Morgan fingerprint density at radius 3 is 2.91 bits per heavy atom. The van der Waals surface area contributed by atoms with E-state index in [0.29, 0.717) is 24.0 Å². The second kappa shape index (κ2) is 10.6. The lowest BCUT2D eigenvalue weighted by molar-refractivity contribution is 0.288. The zero-order chi connectivity index (χ0) is 16.2. The first-order valence-electron chi connectivity index (χ1n) is 7.19. The molecule has 1 aromatic rings. The maximum absolute atomic E-state index is 5.69. The molecule has 0 bridgehead atoms. The molecule has 0 aliphatic carbocycles. The Kier molecular flexibility index (Phi) is 8.67. The van der Waals surface area contributed by atoms with Crippen molar-refractivity contribution >= 4 is 23.5 Å². The maximum atomic E-state index is 5.69. The van der Waals surface area contributed by atoms with Gasteiger partial charge in [0.1, 0.15) is 0 Å². The molecule has 0 saturated heterocycles. The minimum atomic E-state index is 0.447. The van der Waals surface area contributed by atoms with Crippen molar-refractivity contribution in [3.8, 4) is 11.5 Å². The highest BCUT2D eigenvalue weighted by atomic mass is 32.1. The first-order chi connectivity index (χ1) is 10.7. The molecule has 0 aliphatic rings. The van der Waals surface area contributed by atoms with Crippen LogP contribution in [0.3, 0.4) is 0 Å². The zero-order valence-corrected chi connectivity index (χ0v) is 13.9. The molecule has 1 rings (SSSR count). The van der Waals surface area contributed by atoms with E-state index in [1.807, 2.05) is 18.2 Å². The van der Waals surface area contributed by atoms with Crippen molar-refractivity contribution in [2.24, 2.45) is 5.10 Å². The first kappa shape index (κ1) is 18.0. The monoisotopic (exact) mass is 321 g/mol. The van der Waals surface area contributed by atoms with Crippen molar-refractivity contribution in [1.82, 2.24) is 10.7 Å². The van der Waals surface area contributed by atoms with Crippen LogP contribution < -0.4 is 20.2 Å². The van der Waals surface area contributed by atoms with Crippen LogP contribution in [-0.4, -0.2) is 31.6 Å². The average molecular weight is 321 g/mol. The first-order valence-corrected chi connectivity index (χ1v) is 7.60. The Hall–Kier alpha value is -2.08.